The number of hydrogen-bond donors (Lipinski definition) is 1. The third-order valence-electron chi connectivity index (χ3n) is 3.16. The van der Waals surface area contributed by atoms with E-state index in [4.69, 9.17) is 10.5 Å². The van der Waals surface area contributed by atoms with Crippen LogP contribution >= 0.6 is 11.3 Å². The highest BCUT2D eigenvalue weighted by Gasteiger charge is 2.09. The molecule has 2 N–H and O–H groups in total. The van der Waals surface area contributed by atoms with Crippen molar-refractivity contribution in [1.29, 1.82) is 0 Å². The van der Waals surface area contributed by atoms with Gasteiger partial charge >= 0.3 is 0 Å². The first-order valence-corrected chi connectivity index (χ1v) is 7.83. The van der Waals surface area contributed by atoms with Gasteiger partial charge in [0.15, 0.2) is 0 Å². The smallest absolute Gasteiger partial charge is 0.274 e. The second-order valence-corrected chi connectivity index (χ2v) is 5.98. The highest BCUT2D eigenvalue weighted by atomic mass is 32.1. The van der Waals surface area contributed by atoms with Gasteiger partial charge in [-0.15, -0.1) is 0 Å². The van der Waals surface area contributed by atoms with E-state index in [1.54, 1.807) is 11.3 Å². The van der Waals surface area contributed by atoms with Gasteiger partial charge in [0.25, 0.3) is 5.19 Å². The van der Waals surface area contributed by atoms with Crippen molar-refractivity contribution in [2.45, 2.75) is 52.1 Å². The predicted molar refractivity (Wildman–Crippen MR) is 82.9 cm³/mol. The van der Waals surface area contributed by atoms with E-state index in [1.807, 2.05) is 18.2 Å². The van der Waals surface area contributed by atoms with E-state index in [-0.39, 0.29) is 6.10 Å². The van der Waals surface area contributed by atoms with Crippen LogP contribution < -0.4 is 10.5 Å². The summed E-state index contributed by atoms with van der Waals surface area (Å²) in [5.41, 5.74) is 7.51. The maximum atomic E-state index is 5.89. The molecular formula is C15H22N2OS. The summed E-state index contributed by atoms with van der Waals surface area (Å²) >= 11 is 1.57. The molecule has 1 unspecified atom stereocenters. The molecule has 4 heteroatoms. The van der Waals surface area contributed by atoms with Gasteiger partial charge in [-0.2, -0.15) is 0 Å². The highest BCUT2D eigenvalue weighted by Crippen LogP contribution is 2.30. The van der Waals surface area contributed by atoms with Crippen molar-refractivity contribution in [2.75, 3.05) is 5.73 Å². The molecule has 19 heavy (non-hydrogen) atoms. The Morgan fingerprint density at radius 3 is 2.95 bits per heavy atom. The molecule has 0 bridgehead atoms. The topological polar surface area (TPSA) is 48.1 Å². The number of ether oxygens (including phenoxy) is 1. The number of anilines is 1. The maximum Gasteiger partial charge on any atom is 0.274 e. The minimum absolute atomic E-state index is 0.231. The SMILES string of the molecule is CCCCCCC(C)Oc1nc2ccc(N)cc2s1. The summed E-state index contributed by atoms with van der Waals surface area (Å²) in [5, 5.41) is 0.753. The van der Waals surface area contributed by atoms with Gasteiger partial charge in [0.05, 0.1) is 16.3 Å². The van der Waals surface area contributed by atoms with Crippen molar-refractivity contribution in [1.82, 2.24) is 4.98 Å². The van der Waals surface area contributed by atoms with E-state index in [9.17, 15) is 0 Å². The molecule has 0 saturated carbocycles. The quantitative estimate of drug-likeness (QED) is 0.594. The number of nitrogen functional groups attached to an aromatic ring is 1. The minimum atomic E-state index is 0.231. The molecule has 0 saturated heterocycles. The Balaban J connectivity index is 1.89. The molecule has 0 aliphatic heterocycles. The van der Waals surface area contributed by atoms with Gasteiger partial charge in [-0.25, -0.2) is 4.98 Å². The van der Waals surface area contributed by atoms with Crippen LogP contribution in [0.2, 0.25) is 0 Å². The molecule has 104 valence electrons. The monoisotopic (exact) mass is 278 g/mol. The Morgan fingerprint density at radius 1 is 1.32 bits per heavy atom. The first-order chi connectivity index (χ1) is 9.19. The molecular weight excluding hydrogens is 256 g/mol. The number of rotatable bonds is 7. The van der Waals surface area contributed by atoms with Gasteiger partial charge in [0, 0.05) is 5.69 Å². The summed E-state index contributed by atoms with van der Waals surface area (Å²) in [7, 11) is 0. The number of aromatic nitrogens is 1. The lowest BCUT2D eigenvalue weighted by molar-refractivity contribution is 0.206. The Kier molecular flexibility index (Phi) is 5.02. The normalized spacial score (nSPS) is 12.7. The average molecular weight is 278 g/mol. The van der Waals surface area contributed by atoms with Crippen molar-refractivity contribution in [3.8, 4) is 5.19 Å². The fourth-order valence-electron chi connectivity index (χ4n) is 2.06. The second-order valence-electron chi connectivity index (χ2n) is 4.98. The van der Waals surface area contributed by atoms with Crippen LogP contribution in [0.15, 0.2) is 18.2 Å². The zero-order chi connectivity index (χ0) is 13.7. The molecule has 1 aromatic heterocycles. The summed E-state index contributed by atoms with van der Waals surface area (Å²) in [4.78, 5) is 4.48. The lowest BCUT2D eigenvalue weighted by Gasteiger charge is -2.11. The molecule has 0 spiro atoms. The van der Waals surface area contributed by atoms with Crippen molar-refractivity contribution in [2.24, 2.45) is 0 Å². The van der Waals surface area contributed by atoms with Crippen LogP contribution in [-0.2, 0) is 0 Å². The molecule has 3 nitrogen and oxygen atoms in total. The van der Waals surface area contributed by atoms with Crippen LogP contribution in [0.25, 0.3) is 10.2 Å². The van der Waals surface area contributed by atoms with Crippen LogP contribution in [-0.4, -0.2) is 11.1 Å². The fourth-order valence-corrected chi connectivity index (χ4v) is 3.02. The first kappa shape index (κ1) is 14.1. The lowest BCUT2D eigenvalue weighted by Crippen LogP contribution is -2.11. The molecule has 0 aliphatic rings. The maximum absolute atomic E-state index is 5.89. The summed E-state index contributed by atoms with van der Waals surface area (Å²) in [6.07, 6.45) is 6.43. The molecule has 0 amide bonds. The molecule has 0 fully saturated rings. The predicted octanol–water partition coefficient (Wildman–Crippen LogP) is 4.62. The molecule has 0 aliphatic carbocycles. The number of nitrogens with two attached hydrogens (primary N) is 1. The van der Waals surface area contributed by atoms with Crippen molar-refractivity contribution >= 4 is 27.2 Å². The summed E-state index contributed by atoms with van der Waals surface area (Å²) < 4.78 is 6.98. The van der Waals surface area contributed by atoms with E-state index in [0.29, 0.717) is 0 Å². The molecule has 0 radical (unpaired) electrons. The largest absolute Gasteiger partial charge is 0.467 e. The van der Waals surface area contributed by atoms with Crippen LogP contribution in [0.1, 0.15) is 46.0 Å². The lowest BCUT2D eigenvalue weighted by atomic mass is 10.1. The van der Waals surface area contributed by atoms with Gasteiger partial charge in [-0.3, -0.25) is 0 Å². The molecule has 2 aromatic rings. The highest BCUT2D eigenvalue weighted by molar-refractivity contribution is 7.20. The van der Waals surface area contributed by atoms with Crippen LogP contribution in [0, 0.1) is 0 Å². The van der Waals surface area contributed by atoms with Crippen LogP contribution in [0.5, 0.6) is 5.19 Å². The Labute approximate surface area is 118 Å². The molecule has 1 heterocycles. The Bertz CT molecular complexity index is 524. The molecule has 1 atom stereocenters. The van der Waals surface area contributed by atoms with Crippen molar-refractivity contribution in [3.63, 3.8) is 0 Å². The van der Waals surface area contributed by atoms with Gasteiger partial charge in [0.2, 0.25) is 0 Å². The van der Waals surface area contributed by atoms with E-state index in [0.717, 1.165) is 27.5 Å². The van der Waals surface area contributed by atoms with Crippen LogP contribution in [0.3, 0.4) is 0 Å². The van der Waals surface area contributed by atoms with Gasteiger partial charge in [-0.05, 0) is 38.0 Å². The number of thiazole rings is 1. The van der Waals surface area contributed by atoms with E-state index in [1.165, 1.54) is 25.7 Å². The van der Waals surface area contributed by atoms with Gasteiger partial charge < -0.3 is 10.5 Å². The van der Waals surface area contributed by atoms with Gasteiger partial charge in [0.1, 0.15) is 0 Å². The third kappa shape index (κ3) is 4.10. The third-order valence-corrected chi connectivity index (χ3v) is 4.07. The van der Waals surface area contributed by atoms with E-state index >= 15 is 0 Å². The minimum Gasteiger partial charge on any atom is -0.467 e. The Hall–Kier alpha value is -1.29. The number of fused-ring (bicyclic) bond motifs is 1. The average Bonchev–Trinajstić information content (AvgIpc) is 2.76. The number of nitrogens with zero attached hydrogens (tertiary/aromatic N) is 1. The summed E-state index contributed by atoms with van der Waals surface area (Å²) in [5.74, 6) is 0. The van der Waals surface area contributed by atoms with Crippen LogP contribution in [0.4, 0.5) is 5.69 Å². The van der Waals surface area contributed by atoms with E-state index < -0.39 is 0 Å². The molecule has 2 rings (SSSR count). The second kappa shape index (κ2) is 6.75. The number of unbranched alkanes of at least 4 members (excludes halogenated alkanes) is 3. The van der Waals surface area contributed by atoms with Gasteiger partial charge in [-0.1, -0.05) is 37.5 Å². The zero-order valence-electron chi connectivity index (χ0n) is 11.7. The number of hydrogen-bond acceptors (Lipinski definition) is 4. The Morgan fingerprint density at radius 2 is 2.16 bits per heavy atom. The number of benzene rings is 1. The summed E-state index contributed by atoms with van der Waals surface area (Å²) in [6, 6.07) is 5.77. The van der Waals surface area contributed by atoms with E-state index in [2.05, 4.69) is 18.8 Å². The first-order valence-electron chi connectivity index (χ1n) is 7.01. The van der Waals surface area contributed by atoms with Crippen molar-refractivity contribution < 1.29 is 4.74 Å². The zero-order valence-corrected chi connectivity index (χ0v) is 12.5. The fraction of sp³-hybridized carbons (Fsp3) is 0.533. The summed E-state index contributed by atoms with van der Waals surface area (Å²) in [6.45, 7) is 4.35. The molecule has 1 aromatic carbocycles. The standard InChI is InChI=1S/C15H22N2OS/c1-3-4-5-6-7-11(2)18-15-17-13-9-8-12(16)10-14(13)19-15/h8-11H,3-7,16H2,1-2H3. The van der Waals surface area contributed by atoms with Crippen molar-refractivity contribution in [3.05, 3.63) is 18.2 Å².